The Morgan fingerprint density at radius 2 is 2.11 bits per heavy atom. The van der Waals surface area contributed by atoms with Gasteiger partial charge in [-0.25, -0.2) is 4.98 Å². The molecule has 1 aliphatic heterocycles. The number of carbonyl (C=O) groups excluding carboxylic acids is 2. The van der Waals surface area contributed by atoms with Crippen LogP contribution in [0.4, 0.5) is 5.69 Å². The summed E-state index contributed by atoms with van der Waals surface area (Å²) in [4.78, 5) is 29.6. The van der Waals surface area contributed by atoms with Gasteiger partial charge in [0.15, 0.2) is 5.82 Å². The summed E-state index contributed by atoms with van der Waals surface area (Å²) >= 11 is 0. The molecule has 2 heterocycles. The first-order valence-electron chi connectivity index (χ1n) is 8.82. The Balaban J connectivity index is 1.88. The number of carbonyl (C=O) groups is 2. The zero-order valence-corrected chi connectivity index (χ0v) is 15.1. The SMILES string of the molecule is COCCNC(=O)c1nc(C(=O)Nc2ccccc2C#N)n2c1CCCC2. The first kappa shape index (κ1) is 18.6. The highest BCUT2D eigenvalue weighted by molar-refractivity contribution is 6.04. The summed E-state index contributed by atoms with van der Waals surface area (Å²) < 4.78 is 6.75. The molecule has 0 saturated carbocycles. The van der Waals surface area contributed by atoms with Crippen LogP contribution in [0.15, 0.2) is 24.3 Å². The number of ether oxygens (including phenoxy) is 1. The summed E-state index contributed by atoms with van der Waals surface area (Å²) in [5, 5.41) is 14.7. The molecule has 8 nitrogen and oxygen atoms in total. The third-order valence-corrected chi connectivity index (χ3v) is 4.42. The number of amides is 2. The smallest absolute Gasteiger partial charge is 0.291 e. The van der Waals surface area contributed by atoms with Crippen molar-refractivity contribution in [1.29, 1.82) is 5.26 Å². The number of anilines is 1. The highest BCUT2D eigenvalue weighted by Crippen LogP contribution is 2.22. The van der Waals surface area contributed by atoms with Crippen LogP contribution in [0.25, 0.3) is 0 Å². The summed E-state index contributed by atoms with van der Waals surface area (Å²) in [5.41, 5.74) is 1.84. The summed E-state index contributed by atoms with van der Waals surface area (Å²) in [6, 6.07) is 8.81. The molecule has 3 rings (SSSR count). The van der Waals surface area contributed by atoms with Crippen LogP contribution in [0.5, 0.6) is 0 Å². The van der Waals surface area contributed by atoms with Gasteiger partial charge in [0.05, 0.1) is 23.6 Å². The molecule has 140 valence electrons. The monoisotopic (exact) mass is 367 g/mol. The fraction of sp³-hybridized carbons (Fsp3) is 0.368. The lowest BCUT2D eigenvalue weighted by molar-refractivity contribution is 0.0931. The van der Waals surface area contributed by atoms with E-state index in [2.05, 4.69) is 15.6 Å². The first-order valence-corrected chi connectivity index (χ1v) is 8.82. The van der Waals surface area contributed by atoms with E-state index in [9.17, 15) is 14.9 Å². The number of imidazole rings is 1. The molecule has 1 aromatic heterocycles. The zero-order valence-electron chi connectivity index (χ0n) is 15.1. The van der Waals surface area contributed by atoms with Crippen LogP contribution in [0.3, 0.4) is 0 Å². The van der Waals surface area contributed by atoms with Gasteiger partial charge in [-0.15, -0.1) is 0 Å². The number of para-hydroxylation sites is 1. The van der Waals surface area contributed by atoms with Gasteiger partial charge in [0.2, 0.25) is 0 Å². The van der Waals surface area contributed by atoms with Crippen molar-refractivity contribution in [3.63, 3.8) is 0 Å². The van der Waals surface area contributed by atoms with E-state index in [0.717, 1.165) is 18.5 Å². The van der Waals surface area contributed by atoms with Gasteiger partial charge in [0.1, 0.15) is 11.8 Å². The highest BCUT2D eigenvalue weighted by Gasteiger charge is 2.27. The number of hydrogen-bond donors (Lipinski definition) is 2. The van der Waals surface area contributed by atoms with Gasteiger partial charge in [0.25, 0.3) is 11.8 Å². The van der Waals surface area contributed by atoms with Crippen LogP contribution < -0.4 is 10.6 Å². The Hall–Kier alpha value is -3.18. The number of rotatable bonds is 6. The van der Waals surface area contributed by atoms with Crippen LogP contribution in [0.1, 0.15) is 45.2 Å². The van der Waals surface area contributed by atoms with Gasteiger partial charge in [-0.05, 0) is 31.4 Å². The Bertz CT molecular complexity index is 897. The van der Waals surface area contributed by atoms with E-state index in [1.807, 2.05) is 6.07 Å². The molecule has 0 atom stereocenters. The number of aromatic nitrogens is 2. The molecule has 2 N–H and O–H groups in total. The number of methoxy groups -OCH3 is 1. The third-order valence-electron chi connectivity index (χ3n) is 4.42. The predicted molar refractivity (Wildman–Crippen MR) is 98.5 cm³/mol. The molecule has 0 saturated heterocycles. The Morgan fingerprint density at radius 1 is 1.30 bits per heavy atom. The van der Waals surface area contributed by atoms with Crippen molar-refractivity contribution >= 4 is 17.5 Å². The summed E-state index contributed by atoms with van der Waals surface area (Å²) in [6.45, 7) is 1.41. The fourth-order valence-electron chi connectivity index (χ4n) is 3.12. The average Bonchev–Trinajstić information content (AvgIpc) is 3.08. The minimum atomic E-state index is -0.434. The molecule has 27 heavy (non-hydrogen) atoms. The van der Waals surface area contributed by atoms with Crippen molar-refractivity contribution in [2.45, 2.75) is 25.8 Å². The van der Waals surface area contributed by atoms with Crippen LogP contribution in [0, 0.1) is 11.3 Å². The summed E-state index contributed by atoms with van der Waals surface area (Å²) in [6.07, 6.45) is 2.56. The Morgan fingerprint density at radius 3 is 2.89 bits per heavy atom. The average molecular weight is 367 g/mol. The quantitative estimate of drug-likeness (QED) is 0.756. The van der Waals surface area contributed by atoms with Crippen molar-refractivity contribution < 1.29 is 14.3 Å². The maximum Gasteiger partial charge on any atom is 0.291 e. The minimum absolute atomic E-state index is 0.189. The second-order valence-corrected chi connectivity index (χ2v) is 6.20. The molecule has 0 spiro atoms. The van der Waals surface area contributed by atoms with Crippen molar-refractivity contribution in [1.82, 2.24) is 14.9 Å². The van der Waals surface area contributed by atoms with Crippen molar-refractivity contribution in [2.24, 2.45) is 0 Å². The number of benzene rings is 1. The molecular formula is C19H21N5O3. The van der Waals surface area contributed by atoms with Gasteiger partial charge >= 0.3 is 0 Å². The largest absolute Gasteiger partial charge is 0.383 e. The van der Waals surface area contributed by atoms with Gasteiger partial charge in [-0.3, -0.25) is 9.59 Å². The molecule has 0 unspecified atom stereocenters. The molecule has 0 radical (unpaired) electrons. The molecule has 1 aliphatic rings. The van der Waals surface area contributed by atoms with Crippen molar-refractivity contribution in [3.8, 4) is 6.07 Å². The van der Waals surface area contributed by atoms with Crippen LogP contribution in [-0.4, -0.2) is 41.6 Å². The number of hydrogen-bond acceptors (Lipinski definition) is 5. The van der Waals surface area contributed by atoms with Gasteiger partial charge in [-0.1, -0.05) is 12.1 Å². The Kier molecular flexibility index (Phi) is 5.84. The lowest BCUT2D eigenvalue weighted by Crippen LogP contribution is -2.28. The number of nitriles is 1. The van der Waals surface area contributed by atoms with Crippen molar-refractivity contribution in [3.05, 3.63) is 47.0 Å². The van der Waals surface area contributed by atoms with Crippen LogP contribution in [0.2, 0.25) is 0 Å². The molecule has 0 aliphatic carbocycles. The Labute approximate surface area is 157 Å². The normalized spacial score (nSPS) is 12.7. The molecule has 8 heteroatoms. The molecule has 0 fully saturated rings. The molecule has 1 aromatic carbocycles. The lowest BCUT2D eigenvalue weighted by Gasteiger charge is -2.17. The summed E-state index contributed by atoms with van der Waals surface area (Å²) in [7, 11) is 1.56. The fourth-order valence-corrected chi connectivity index (χ4v) is 3.12. The zero-order chi connectivity index (χ0) is 19.2. The summed E-state index contributed by atoms with van der Waals surface area (Å²) in [5.74, 6) is -0.555. The van der Waals surface area contributed by atoms with E-state index in [1.54, 1.807) is 35.9 Å². The van der Waals surface area contributed by atoms with E-state index >= 15 is 0 Å². The first-order chi connectivity index (χ1) is 13.2. The number of nitrogens with one attached hydrogen (secondary N) is 2. The molecule has 0 bridgehead atoms. The van der Waals surface area contributed by atoms with Gasteiger partial charge in [-0.2, -0.15) is 5.26 Å². The topological polar surface area (TPSA) is 109 Å². The maximum absolute atomic E-state index is 12.8. The predicted octanol–water partition coefficient (Wildman–Crippen LogP) is 1.72. The maximum atomic E-state index is 12.8. The number of fused-ring (bicyclic) bond motifs is 1. The van der Waals surface area contributed by atoms with E-state index in [-0.39, 0.29) is 17.4 Å². The third kappa shape index (κ3) is 3.99. The standard InChI is InChI=1S/C19H21N5O3/c1-27-11-9-21-18(25)16-15-8-4-5-10-24(15)17(23-16)19(26)22-14-7-3-2-6-13(14)12-20/h2-3,6-7H,4-5,8-11H2,1H3,(H,21,25)(H,22,26). The van der Waals surface area contributed by atoms with Crippen molar-refractivity contribution in [2.75, 3.05) is 25.6 Å². The van der Waals surface area contributed by atoms with Crippen LogP contribution >= 0.6 is 0 Å². The highest BCUT2D eigenvalue weighted by atomic mass is 16.5. The second-order valence-electron chi connectivity index (χ2n) is 6.20. The van der Waals surface area contributed by atoms with Gasteiger partial charge < -0.3 is 19.9 Å². The van der Waals surface area contributed by atoms with E-state index < -0.39 is 5.91 Å². The van der Waals surface area contributed by atoms with E-state index in [0.29, 0.717) is 37.4 Å². The molecular weight excluding hydrogens is 346 g/mol. The van der Waals surface area contributed by atoms with Crippen LogP contribution in [-0.2, 0) is 17.7 Å². The van der Waals surface area contributed by atoms with E-state index in [4.69, 9.17) is 4.74 Å². The second kappa shape index (κ2) is 8.47. The lowest BCUT2D eigenvalue weighted by atomic mass is 10.1. The molecule has 2 amide bonds. The number of nitrogens with zero attached hydrogens (tertiary/aromatic N) is 3. The van der Waals surface area contributed by atoms with E-state index in [1.165, 1.54) is 0 Å². The van der Waals surface area contributed by atoms with Gasteiger partial charge in [0, 0.05) is 20.2 Å². The minimum Gasteiger partial charge on any atom is -0.383 e. The molecule has 2 aromatic rings.